The monoisotopic (exact) mass is 490 g/mol. The molecule has 2 atom stereocenters. The third-order valence-corrected chi connectivity index (χ3v) is 6.86. The van der Waals surface area contributed by atoms with Crippen LogP contribution in [0.15, 0.2) is 78.0 Å². The number of rotatable bonds is 5. The maximum atomic E-state index is 15.0. The predicted molar refractivity (Wildman–Crippen MR) is 139 cm³/mol. The van der Waals surface area contributed by atoms with E-state index in [4.69, 9.17) is 16.3 Å². The highest BCUT2D eigenvalue weighted by Gasteiger charge is 2.37. The number of hydrogen-bond donors (Lipinski definition) is 2. The fraction of sp³-hybridized carbons (Fsp3) is 0.276. The van der Waals surface area contributed by atoms with Gasteiger partial charge >= 0.3 is 0 Å². The van der Waals surface area contributed by atoms with Crippen LogP contribution in [-0.2, 0) is 4.79 Å². The average molecular weight is 491 g/mol. The van der Waals surface area contributed by atoms with Crippen LogP contribution in [0.2, 0.25) is 5.02 Å². The number of benzene rings is 3. The fourth-order valence-corrected chi connectivity index (χ4v) is 5.10. The van der Waals surface area contributed by atoms with Gasteiger partial charge in [-0.25, -0.2) is 4.39 Å². The molecule has 4 nitrogen and oxygen atoms in total. The lowest BCUT2D eigenvalue weighted by molar-refractivity contribution is -0.116. The number of anilines is 2. The maximum absolute atomic E-state index is 15.0. The molecule has 1 aliphatic carbocycles. The molecule has 0 aromatic heterocycles. The van der Waals surface area contributed by atoms with E-state index < -0.39 is 11.9 Å². The van der Waals surface area contributed by atoms with Crippen LogP contribution < -0.4 is 15.4 Å². The SMILES string of the molecule is CC(C)COc1ccc(C2CC(=O)C3=C(C2)Nc2ccccc2NC3c2c(F)cccc2Cl)cc1. The zero-order chi connectivity index (χ0) is 24.5. The second-order valence-corrected chi connectivity index (χ2v) is 9.98. The third-order valence-electron chi connectivity index (χ3n) is 6.53. The van der Waals surface area contributed by atoms with Crippen molar-refractivity contribution in [3.63, 3.8) is 0 Å². The molecule has 2 N–H and O–H groups in total. The lowest BCUT2D eigenvalue weighted by atomic mass is 9.78. The van der Waals surface area contributed by atoms with Gasteiger partial charge in [0, 0.05) is 28.3 Å². The van der Waals surface area contributed by atoms with Crippen LogP contribution in [-0.4, -0.2) is 12.4 Å². The van der Waals surface area contributed by atoms with E-state index in [1.165, 1.54) is 6.07 Å². The van der Waals surface area contributed by atoms with Crippen LogP contribution >= 0.6 is 11.6 Å². The first-order chi connectivity index (χ1) is 16.9. The Labute approximate surface area is 210 Å². The largest absolute Gasteiger partial charge is 0.493 e. The fourth-order valence-electron chi connectivity index (χ4n) is 4.83. The second kappa shape index (κ2) is 9.74. The van der Waals surface area contributed by atoms with Gasteiger partial charge in [0.05, 0.1) is 24.0 Å². The Bertz CT molecular complexity index is 1270. The van der Waals surface area contributed by atoms with Gasteiger partial charge in [-0.15, -0.1) is 0 Å². The van der Waals surface area contributed by atoms with E-state index in [0.29, 0.717) is 41.5 Å². The second-order valence-electron chi connectivity index (χ2n) is 9.58. The molecule has 3 aromatic carbocycles. The summed E-state index contributed by atoms with van der Waals surface area (Å²) in [6, 6.07) is 19.6. The molecule has 0 spiro atoms. The molecule has 0 saturated heterocycles. The molecule has 3 aromatic rings. The van der Waals surface area contributed by atoms with Crippen molar-refractivity contribution in [3.8, 4) is 5.75 Å². The first-order valence-electron chi connectivity index (χ1n) is 12.0. The predicted octanol–water partition coefficient (Wildman–Crippen LogP) is 7.49. The summed E-state index contributed by atoms with van der Waals surface area (Å²) in [4.78, 5) is 13.6. The first-order valence-corrected chi connectivity index (χ1v) is 12.3. The van der Waals surface area contributed by atoms with E-state index in [2.05, 4.69) is 24.5 Å². The van der Waals surface area contributed by atoms with Crippen molar-refractivity contribution in [3.05, 3.63) is 100.0 Å². The summed E-state index contributed by atoms with van der Waals surface area (Å²) in [6.45, 7) is 4.89. The number of carbonyl (C=O) groups is 1. The van der Waals surface area contributed by atoms with Crippen molar-refractivity contribution in [2.45, 2.75) is 38.6 Å². The molecule has 0 amide bonds. The number of carbonyl (C=O) groups excluding carboxylic acids is 1. The van der Waals surface area contributed by atoms with E-state index in [1.807, 2.05) is 48.5 Å². The minimum atomic E-state index is -0.685. The van der Waals surface area contributed by atoms with Gasteiger partial charge in [-0.3, -0.25) is 4.79 Å². The summed E-state index contributed by atoms with van der Waals surface area (Å²) in [5, 5.41) is 7.16. The lowest BCUT2D eigenvalue weighted by Crippen LogP contribution is -2.27. The number of ether oxygens (including phenoxy) is 1. The molecule has 0 radical (unpaired) electrons. The number of nitrogens with one attached hydrogen (secondary N) is 2. The molecule has 2 aliphatic rings. The topological polar surface area (TPSA) is 50.4 Å². The van der Waals surface area contributed by atoms with Gasteiger partial charge in [-0.05, 0) is 60.2 Å². The van der Waals surface area contributed by atoms with E-state index in [-0.39, 0.29) is 11.7 Å². The summed E-state index contributed by atoms with van der Waals surface area (Å²) >= 11 is 6.46. The molecule has 0 saturated carbocycles. The third kappa shape index (κ3) is 4.78. The number of fused-ring (bicyclic) bond motifs is 1. The van der Waals surface area contributed by atoms with Crippen LogP contribution in [0.4, 0.5) is 15.8 Å². The molecule has 0 fully saturated rings. The number of para-hydroxylation sites is 2. The number of allylic oxidation sites excluding steroid dienone is 1. The Morgan fingerprint density at radius 3 is 2.46 bits per heavy atom. The highest BCUT2D eigenvalue weighted by molar-refractivity contribution is 6.31. The van der Waals surface area contributed by atoms with E-state index >= 15 is 4.39 Å². The smallest absolute Gasteiger partial charge is 0.163 e. The van der Waals surface area contributed by atoms with Gasteiger partial charge in [0.2, 0.25) is 0 Å². The minimum Gasteiger partial charge on any atom is -0.493 e. The van der Waals surface area contributed by atoms with Gasteiger partial charge in [0.15, 0.2) is 5.78 Å². The molecule has 2 unspecified atom stereocenters. The molecule has 35 heavy (non-hydrogen) atoms. The lowest BCUT2D eigenvalue weighted by Gasteiger charge is -2.30. The van der Waals surface area contributed by atoms with Crippen molar-refractivity contribution < 1.29 is 13.9 Å². The molecular weight excluding hydrogens is 463 g/mol. The Balaban J connectivity index is 1.52. The van der Waals surface area contributed by atoms with Crippen molar-refractivity contribution in [1.29, 1.82) is 0 Å². The zero-order valence-electron chi connectivity index (χ0n) is 19.8. The van der Waals surface area contributed by atoms with Crippen molar-refractivity contribution >= 4 is 28.8 Å². The Hall–Kier alpha value is -3.31. The number of Topliss-reactive ketones (excluding diaryl/α,β-unsaturated/α-hetero) is 1. The van der Waals surface area contributed by atoms with Gasteiger partial charge < -0.3 is 15.4 Å². The number of ketones is 1. The highest BCUT2D eigenvalue weighted by atomic mass is 35.5. The standard InChI is InChI=1S/C29H28ClFN2O2/c1-17(2)16-35-20-12-10-18(11-13-20)19-14-25-28(26(34)15-19)29(27-21(30)6-5-7-22(27)31)33-24-9-4-3-8-23(24)32-25/h3-13,17,19,29,32-33H,14-16H2,1-2H3. The van der Waals surface area contributed by atoms with E-state index in [0.717, 1.165) is 28.4 Å². The summed E-state index contributed by atoms with van der Waals surface area (Å²) in [5.74, 6) is 0.825. The van der Waals surface area contributed by atoms with Crippen molar-refractivity contribution in [1.82, 2.24) is 0 Å². The van der Waals surface area contributed by atoms with Crippen LogP contribution in [0.3, 0.4) is 0 Å². The molecule has 6 heteroatoms. The molecule has 1 heterocycles. The Kier molecular flexibility index (Phi) is 6.52. The van der Waals surface area contributed by atoms with Gasteiger partial charge in [-0.1, -0.05) is 55.8 Å². The molecule has 180 valence electrons. The molecule has 0 bridgehead atoms. The van der Waals surface area contributed by atoms with Gasteiger partial charge in [0.1, 0.15) is 11.6 Å². The maximum Gasteiger partial charge on any atom is 0.163 e. The highest BCUT2D eigenvalue weighted by Crippen LogP contribution is 2.46. The summed E-state index contributed by atoms with van der Waals surface area (Å²) in [6.07, 6.45) is 0.971. The van der Waals surface area contributed by atoms with E-state index in [1.54, 1.807) is 12.1 Å². The number of hydrogen-bond acceptors (Lipinski definition) is 4. The zero-order valence-corrected chi connectivity index (χ0v) is 20.5. The summed E-state index contributed by atoms with van der Waals surface area (Å²) in [5.41, 5.74) is 4.35. The Morgan fingerprint density at radius 1 is 1.00 bits per heavy atom. The summed E-state index contributed by atoms with van der Waals surface area (Å²) in [7, 11) is 0. The van der Waals surface area contributed by atoms with Crippen molar-refractivity contribution in [2.24, 2.45) is 5.92 Å². The number of halogens is 2. The van der Waals surface area contributed by atoms with Crippen LogP contribution in [0.5, 0.6) is 5.75 Å². The first kappa shape index (κ1) is 23.4. The quantitative estimate of drug-likeness (QED) is 0.389. The van der Waals surface area contributed by atoms with Gasteiger partial charge in [-0.2, -0.15) is 0 Å². The van der Waals surface area contributed by atoms with Crippen molar-refractivity contribution in [2.75, 3.05) is 17.2 Å². The Morgan fingerprint density at radius 2 is 1.74 bits per heavy atom. The summed E-state index contributed by atoms with van der Waals surface area (Å²) < 4.78 is 20.8. The van der Waals surface area contributed by atoms with E-state index in [9.17, 15) is 4.79 Å². The van der Waals surface area contributed by atoms with Crippen LogP contribution in [0, 0.1) is 11.7 Å². The molecule has 1 aliphatic heterocycles. The molecular formula is C29H28ClFN2O2. The van der Waals surface area contributed by atoms with Gasteiger partial charge in [0.25, 0.3) is 0 Å². The normalized spacial score (nSPS) is 19.4. The van der Waals surface area contributed by atoms with Crippen LogP contribution in [0.1, 0.15) is 49.8 Å². The minimum absolute atomic E-state index is 0.00917. The average Bonchev–Trinajstić information content (AvgIpc) is 3.00. The van der Waals surface area contributed by atoms with Crippen LogP contribution in [0.25, 0.3) is 0 Å². The molecule has 5 rings (SSSR count).